The molecular weight excluding hydrogens is 354 g/mol. The highest BCUT2D eigenvalue weighted by Crippen LogP contribution is 2.46. The van der Waals surface area contributed by atoms with Crippen molar-refractivity contribution in [3.63, 3.8) is 0 Å². The number of rotatable bonds is 4. The van der Waals surface area contributed by atoms with Crippen molar-refractivity contribution in [2.45, 2.75) is 25.8 Å². The summed E-state index contributed by atoms with van der Waals surface area (Å²) < 4.78 is 2.27. The van der Waals surface area contributed by atoms with Gasteiger partial charge in [-0.3, -0.25) is 4.79 Å². The van der Waals surface area contributed by atoms with Gasteiger partial charge in [0.05, 0.1) is 5.69 Å². The molecule has 4 rings (SSSR count). The Balaban J connectivity index is 1.61. The van der Waals surface area contributed by atoms with Crippen LogP contribution in [0.5, 0.6) is 0 Å². The molecule has 0 aliphatic carbocycles. The summed E-state index contributed by atoms with van der Waals surface area (Å²) in [5.41, 5.74) is 3.01. The molecular formula is C21H21N5O2. The third kappa shape index (κ3) is 2.85. The molecule has 7 heteroatoms. The lowest BCUT2D eigenvalue weighted by molar-refractivity contribution is -0.115. The van der Waals surface area contributed by atoms with E-state index in [2.05, 4.69) is 30.3 Å². The standard InChI is InChI=1S/C21H21N5O2/c1-21(2)17-11-7-8-12-18(17)24(3)19(21)13-16(27)14-25-20(28)26(23-22-25)15-9-5-4-6-10-15/h4-13H,14H2,1-3H3/b19-13-. The predicted octanol–water partition coefficient (Wildman–Crippen LogP) is 2.31. The van der Waals surface area contributed by atoms with Gasteiger partial charge in [-0.25, -0.2) is 4.79 Å². The van der Waals surface area contributed by atoms with Crippen LogP contribution in [-0.4, -0.2) is 32.6 Å². The molecule has 0 spiro atoms. The van der Waals surface area contributed by atoms with Crippen LogP contribution >= 0.6 is 0 Å². The first-order chi connectivity index (χ1) is 13.4. The molecule has 0 saturated heterocycles. The first-order valence-corrected chi connectivity index (χ1v) is 9.06. The van der Waals surface area contributed by atoms with Crippen molar-refractivity contribution in [2.75, 3.05) is 11.9 Å². The fourth-order valence-electron chi connectivity index (χ4n) is 3.71. The van der Waals surface area contributed by atoms with Gasteiger partial charge in [0, 0.05) is 29.9 Å². The lowest BCUT2D eigenvalue weighted by Gasteiger charge is -2.23. The van der Waals surface area contributed by atoms with E-state index < -0.39 is 5.69 Å². The molecule has 3 aromatic rings. The van der Waals surface area contributed by atoms with E-state index in [1.807, 2.05) is 48.3 Å². The van der Waals surface area contributed by atoms with Crippen LogP contribution in [0.2, 0.25) is 0 Å². The maximum Gasteiger partial charge on any atom is 0.368 e. The summed E-state index contributed by atoms with van der Waals surface area (Å²) in [6.07, 6.45) is 1.61. The maximum atomic E-state index is 12.7. The first-order valence-electron chi connectivity index (χ1n) is 9.06. The van der Waals surface area contributed by atoms with Crippen LogP contribution in [0.3, 0.4) is 0 Å². The van der Waals surface area contributed by atoms with Gasteiger partial charge in [0.15, 0.2) is 5.78 Å². The first kappa shape index (κ1) is 17.9. The van der Waals surface area contributed by atoms with Crippen molar-refractivity contribution in [3.05, 3.63) is 82.4 Å². The molecule has 1 aromatic heterocycles. The number of carbonyl (C=O) groups is 1. The molecule has 0 saturated carbocycles. The number of carbonyl (C=O) groups excluding carboxylic acids is 1. The van der Waals surface area contributed by atoms with Crippen LogP contribution in [-0.2, 0) is 16.8 Å². The topological polar surface area (TPSA) is 73.0 Å². The highest BCUT2D eigenvalue weighted by molar-refractivity contribution is 5.92. The Morgan fingerprint density at radius 2 is 1.71 bits per heavy atom. The van der Waals surface area contributed by atoms with Gasteiger partial charge in [-0.2, -0.15) is 9.36 Å². The molecule has 0 bridgehead atoms. The van der Waals surface area contributed by atoms with E-state index in [9.17, 15) is 9.59 Å². The summed E-state index contributed by atoms with van der Waals surface area (Å²) in [6.45, 7) is 4.02. The van der Waals surface area contributed by atoms with Crippen LogP contribution in [0.25, 0.3) is 5.69 Å². The Morgan fingerprint density at radius 3 is 2.43 bits per heavy atom. The summed E-state index contributed by atoms with van der Waals surface area (Å²) in [5, 5.41) is 7.74. The van der Waals surface area contributed by atoms with Crippen molar-refractivity contribution in [1.29, 1.82) is 0 Å². The number of ketones is 1. The lowest BCUT2D eigenvalue weighted by Crippen LogP contribution is -2.28. The fraction of sp³-hybridized carbons (Fsp3) is 0.238. The van der Waals surface area contributed by atoms with E-state index in [4.69, 9.17) is 0 Å². The maximum absolute atomic E-state index is 12.7. The van der Waals surface area contributed by atoms with Gasteiger partial charge in [-0.15, -0.1) is 0 Å². The van der Waals surface area contributed by atoms with Crippen molar-refractivity contribution in [3.8, 4) is 5.69 Å². The van der Waals surface area contributed by atoms with Gasteiger partial charge < -0.3 is 4.90 Å². The summed E-state index contributed by atoms with van der Waals surface area (Å²) in [5.74, 6) is -0.204. The van der Waals surface area contributed by atoms with Crippen LogP contribution in [0.15, 0.2) is 71.2 Å². The zero-order valence-corrected chi connectivity index (χ0v) is 16.0. The Hall–Kier alpha value is -3.48. The summed E-state index contributed by atoms with van der Waals surface area (Å²) in [6, 6.07) is 17.1. The van der Waals surface area contributed by atoms with Crippen molar-refractivity contribution >= 4 is 11.5 Å². The van der Waals surface area contributed by atoms with Crippen molar-refractivity contribution in [1.82, 2.24) is 19.8 Å². The smallest absolute Gasteiger partial charge is 0.347 e. The second-order valence-corrected chi connectivity index (χ2v) is 7.36. The second-order valence-electron chi connectivity index (χ2n) is 7.36. The van der Waals surface area contributed by atoms with E-state index in [0.717, 1.165) is 16.1 Å². The Bertz CT molecular complexity index is 1120. The van der Waals surface area contributed by atoms with E-state index in [1.165, 1.54) is 10.2 Å². The summed E-state index contributed by atoms with van der Waals surface area (Å²) in [7, 11) is 1.95. The van der Waals surface area contributed by atoms with Gasteiger partial charge in [0.1, 0.15) is 6.54 Å². The Morgan fingerprint density at radius 1 is 1.04 bits per heavy atom. The average molecular weight is 375 g/mol. The number of fused-ring (bicyclic) bond motifs is 1. The SMILES string of the molecule is CN1/C(=C\C(=O)Cn2nnn(-c3ccccc3)c2=O)C(C)(C)c2ccccc21. The summed E-state index contributed by atoms with van der Waals surface area (Å²) in [4.78, 5) is 27.3. The van der Waals surface area contributed by atoms with E-state index >= 15 is 0 Å². The van der Waals surface area contributed by atoms with Gasteiger partial charge in [-0.1, -0.05) is 50.2 Å². The van der Waals surface area contributed by atoms with Crippen LogP contribution in [0.1, 0.15) is 19.4 Å². The molecule has 0 radical (unpaired) electrons. The number of hydrogen-bond acceptors (Lipinski definition) is 5. The van der Waals surface area contributed by atoms with E-state index in [0.29, 0.717) is 5.69 Å². The summed E-state index contributed by atoms with van der Waals surface area (Å²) >= 11 is 0. The Kier molecular flexibility index (Phi) is 4.22. The zero-order chi connectivity index (χ0) is 19.9. The lowest BCUT2D eigenvalue weighted by atomic mass is 9.83. The number of allylic oxidation sites excluding steroid dienone is 2. The predicted molar refractivity (Wildman–Crippen MR) is 107 cm³/mol. The number of para-hydroxylation sites is 2. The monoisotopic (exact) mass is 375 g/mol. The number of nitrogens with zero attached hydrogens (tertiary/aromatic N) is 5. The average Bonchev–Trinajstić information content (AvgIpc) is 3.14. The zero-order valence-electron chi connectivity index (χ0n) is 16.0. The normalized spacial score (nSPS) is 16.4. The van der Waals surface area contributed by atoms with Crippen LogP contribution < -0.4 is 10.6 Å². The number of anilines is 1. The van der Waals surface area contributed by atoms with Gasteiger partial charge in [0.2, 0.25) is 0 Å². The van der Waals surface area contributed by atoms with E-state index in [-0.39, 0.29) is 17.7 Å². The highest BCUT2D eigenvalue weighted by atomic mass is 16.2. The van der Waals surface area contributed by atoms with Gasteiger partial charge >= 0.3 is 5.69 Å². The molecule has 0 unspecified atom stereocenters. The minimum atomic E-state index is -0.444. The molecule has 0 atom stereocenters. The minimum absolute atomic E-state index is 0.157. The van der Waals surface area contributed by atoms with Crippen molar-refractivity contribution in [2.24, 2.45) is 0 Å². The third-order valence-electron chi connectivity index (χ3n) is 5.18. The quantitative estimate of drug-likeness (QED) is 0.655. The fourth-order valence-corrected chi connectivity index (χ4v) is 3.71. The van der Waals surface area contributed by atoms with Crippen LogP contribution in [0.4, 0.5) is 5.69 Å². The Labute approximate surface area is 162 Å². The molecule has 0 N–H and O–H groups in total. The molecule has 1 aliphatic rings. The number of tetrazole rings is 1. The van der Waals surface area contributed by atoms with Crippen LogP contribution in [0, 0.1) is 0 Å². The molecule has 7 nitrogen and oxygen atoms in total. The number of hydrogen-bond donors (Lipinski definition) is 0. The van der Waals surface area contributed by atoms with Gasteiger partial charge in [-0.05, 0) is 34.2 Å². The number of likely N-dealkylation sites (N-methyl/N-ethyl adjacent to an activating group) is 1. The number of aromatic nitrogens is 4. The third-order valence-corrected chi connectivity index (χ3v) is 5.18. The molecule has 142 valence electrons. The molecule has 2 heterocycles. The number of benzene rings is 2. The second kappa shape index (κ2) is 6.60. The van der Waals surface area contributed by atoms with Crippen molar-refractivity contribution < 1.29 is 4.79 Å². The largest absolute Gasteiger partial charge is 0.368 e. The molecule has 0 fully saturated rings. The van der Waals surface area contributed by atoms with E-state index in [1.54, 1.807) is 18.2 Å². The molecule has 2 aromatic carbocycles. The molecule has 1 aliphatic heterocycles. The molecule has 28 heavy (non-hydrogen) atoms. The molecule has 0 amide bonds. The minimum Gasteiger partial charge on any atom is -0.347 e. The highest BCUT2D eigenvalue weighted by Gasteiger charge is 2.38. The van der Waals surface area contributed by atoms with Gasteiger partial charge in [0.25, 0.3) is 0 Å².